The molecule has 4 rings (SSSR count). The summed E-state index contributed by atoms with van der Waals surface area (Å²) < 4.78 is 12.8. The molecule has 0 bridgehead atoms. The van der Waals surface area contributed by atoms with E-state index in [1.807, 2.05) is 59.1 Å². The third-order valence-corrected chi connectivity index (χ3v) is 7.21. The number of nitrogens with zero attached hydrogens (tertiary/aromatic N) is 1. The molecule has 0 saturated carbocycles. The second kappa shape index (κ2) is 8.32. The number of thiophene rings is 1. The van der Waals surface area contributed by atoms with Crippen LogP contribution < -0.4 is 14.8 Å². The van der Waals surface area contributed by atoms with Gasteiger partial charge in [0, 0.05) is 35.1 Å². The number of benzene rings is 1. The van der Waals surface area contributed by atoms with Crippen LogP contribution in [0.1, 0.15) is 26.4 Å². The number of carbonyl (C=O) groups is 1. The quantitative estimate of drug-likeness (QED) is 0.654. The van der Waals surface area contributed by atoms with E-state index in [0.29, 0.717) is 6.54 Å². The van der Waals surface area contributed by atoms with Crippen molar-refractivity contribution in [3.8, 4) is 16.5 Å². The molecular formula is C21H22N2O3S2. The number of hydrogen-bond donors (Lipinski definition) is 1. The summed E-state index contributed by atoms with van der Waals surface area (Å²) in [5.74, 6) is 3.46. The molecule has 0 unspecified atom stereocenters. The Bertz CT molecular complexity index is 980. The van der Waals surface area contributed by atoms with E-state index >= 15 is 0 Å². The van der Waals surface area contributed by atoms with Crippen molar-refractivity contribution in [3.63, 3.8) is 0 Å². The average molecular weight is 415 g/mol. The average Bonchev–Trinajstić information content (AvgIpc) is 3.39. The molecule has 1 aliphatic heterocycles. The molecule has 5 nitrogen and oxygen atoms in total. The van der Waals surface area contributed by atoms with Crippen molar-refractivity contribution >= 4 is 29.0 Å². The number of amides is 1. The number of hydrogen-bond acceptors (Lipinski definition) is 5. The zero-order valence-electron chi connectivity index (χ0n) is 15.9. The minimum atomic E-state index is -0.0435. The lowest BCUT2D eigenvalue weighted by atomic mass is 10.1. The summed E-state index contributed by atoms with van der Waals surface area (Å²) >= 11 is 3.65. The number of fused-ring (bicyclic) bond motifs is 1. The Morgan fingerprint density at radius 2 is 2.04 bits per heavy atom. The van der Waals surface area contributed by atoms with Gasteiger partial charge in [-0.3, -0.25) is 4.79 Å². The number of ether oxygens (including phenoxy) is 2. The lowest BCUT2D eigenvalue weighted by Gasteiger charge is -2.14. The monoisotopic (exact) mass is 414 g/mol. The Morgan fingerprint density at radius 3 is 2.79 bits per heavy atom. The number of thioether (sulfide) groups is 1. The summed E-state index contributed by atoms with van der Waals surface area (Å²) in [5, 5.41) is 4.09. The van der Waals surface area contributed by atoms with Crippen molar-refractivity contribution in [1.82, 2.24) is 9.88 Å². The first-order valence-electron chi connectivity index (χ1n) is 9.06. The largest absolute Gasteiger partial charge is 0.497 e. The third-order valence-electron chi connectivity index (χ3n) is 4.79. The third kappa shape index (κ3) is 3.64. The molecule has 0 aliphatic carbocycles. The van der Waals surface area contributed by atoms with Crippen molar-refractivity contribution in [2.45, 2.75) is 18.7 Å². The first kappa shape index (κ1) is 19.0. The van der Waals surface area contributed by atoms with Gasteiger partial charge in [-0.05, 0) is 48.1 Å². The van der Waals surface area contributed by atoms with E-state index in [0.717, 1.165) is 45.6 Å². The Labute approximate surface area is 172 Å². The minimum absolute atomic E-state index is 0.0435. The lowest BCUT2D eigenvalue weighted by Crippen LogP contribution is -2.25. The van der Waals surface area contributed by atoms with Gasteiger partial charge in [-0.1, -0.05) is 0 Å². The van der Waals surface area contributed by atoms with Gasteiger partial charge < -0.3 is 19.4 Å². The maximum atomic E-state index is 13.2. The molecule has 0 fully saturated rings. The SMILES string of the molecule is COc1ccc(OC)c(CNC(=O)c2c(-n3cccc3)sc3c2CCSC3)c1. The highest BCUT2D eigenvalue weighted by atomic mass is 32.2. The van der Waals surface area contributed by atoms with Crippen LogP contribution in [0.3, 0.4) is 0 Å². The second-order valence-corrected chi connectivity index (χ2v) is 8.63. The normalized spacial score (nSPS) is 13.1. The molecule has 7 heteroatoms. The summed E-state index contributed by atoms with van der Waals surface area (Å²) in [6.45, 7) is 0.379. The molecular weight excluding hydrogens is 392 g/mol. The summed E-state index contributed by atoms with van der Waals surface area (Å²) in [6, 6.07) is 9.56. The van der Waals surface area contributed by atoms with Gasteiger partial charge in [0.2, 0.25) is 0 Å². The molecule has 0 spiro atoms. The molecule has 1 aromatic carbocycles. The molecule has 1 N–H and O–H groups in total. The number of nitrogens with one attached hydrogen (secondary N) is 1. The highest BCUT2D eigenvalue weighted by molar-refractivity contribution is 7.98. The van der Waals surface area contributed by atoms with Crippen LogP contribution in [0.4, 0.5) is 0 Å². The van der Waals surface area contributed by atoms with E-state index in [4.69, 9.17) is 9.47 Å². The maximum absolute atomic E-state index is 13.2. The van der Waals surface area contributed by atoms with Crippen molar-refractivity contribution in [2.75, 3.05) is 20.0 Å². The Balaban J connectivity index is 1.63. The number of carbonyl (C=O) groups excluding carboxylic acids is 1. The molecule has 0 radical (unpaired) electrons. The summed E-state index contributed by atoms with van der Waals surface area (Å²) in [5.41, 5.74) is 2.89. The van der Waals surface area contributed by atoms with Crippen molar-refractivity contribution in [2.24, 2.45) is 0 Å². The van der Waals surface area contributed by atoms with E-state index < -0.39 is 0 Å². The van der Waals surface area contributed by atoms with Gasteiger partial charge in [0.25, 0.3) is 5.91 Å². The van der Waals surface area contributed by atoms with Crippen LogP contribution in [0.25, 0.3) is 5.00 Å². The lowest BCUT2D eigenvalue weighted by molar-refractivity contribution is 0.0950. The standard InChI is InChI=1S/C21H22N2O3S2/c1-25-15-5-6-17(26-2)14(11-15)12-22-20(24)19-16-7-10-27-13-18(16)28-21(19)23-8-3-4-9-23/h3-6,8-9,11H,7,10,12-13H2,1-2H3,(H,22,24). The molecule has 1 amide bonds. The summed E-state index contributed by atoms with van der Waals surface area (Å²) in [7, 11) is 3.26. The Hall–Kier alpha value is -2.38. The zero-order chi connectivity index (χ0) is 19.5. The van der Waals surface area contributed by atoms with Crippen molar-refractivity contribution in [3.05, 3.63) is 64.3 Å². The van der Waals surface area contributed by atoms with Gasteiger partial charge in [-0.15, -0.1) is 11.3 Å². The van der Waals surface area contributed by atoms with E-state index in [1.165, 1.54) is 10.4 Å². The van der Waals surface area contributed by atoms with Crippen molar-refractivity contribution < 1.29 is 14.3 Å². The molecule has 0 saturated heterocycles. The Morgan fingerprint density at radius 1 is 1.21 bits per heavy atom. The minimum Gasteiger partial charge on any atom is -0.497 e. The van der Waals surface area contributed by atoms with E-state index in [9.17, 15) is 4.79 Å². The fourth-order valence-electron chi connectivity index (χ4n) is 3.39. The number of methoxy groups -OCH3 is 2. The van der Waals surface area contributed by atoms with Crippen LogP contribution in [-0.2, 0) is 18.7 Å². The zero-order valence-corrected chi connectivity index (χ0v) is 17.5. The number of rotatable bonds is 6. The second-order valence-electron chi connectivity index (χ2n) is 6.44. The maximum Gasteiger partial charge on any atom is 0.254 e. The van der Waals surface area contributed by atoms with Crippen LogP contribution in [0.15, 0.2) is 42.7 Å². The molecule has 0 atom stereocenters. The van der Waals surface area contributed by atoms with E-state index in [1.54, 1.807) is 25.6 Å². The van der Waals surface area contributed by atoms with Crippen LogP contribution >= 0.6 is 23.1 Å². The van der Waals surface area contributed by atoms with Crippen LogP contribution in [0.5, 0.6) is 11.5 Å². The summed E-state index contributed by atoms with van der Waals surface area (Å²) in [4.78, 5) is 14.5. The molecule has 146 valence electrons. The highest BCUT2D eigenvalue weighted by Crippen LogP contribution is 2.38. The fourth-order valence-corrected chi connectivity index (χ4v) is 5.83. The topological polar surface area (TPSA) is 52.5 Å². The summed E-state index contributed by atoms with van der Waals surface area (Å²) in [6.07, 6.45) is 4.92. The first-order valence-corrected chi connectivity index (χ1v) is 11.0. The van der Waals surface area contributed by atoms with Crippen LogP contribution in [0, 0.1) is 0 Å². The first-order chi connectivity index (χ1) is 13.7. The molecule has 3 heterocycles. The molecule has 2 aromatic heterocycles. The van der Waals surface area contributed by atoms with Gasteiger partial charge in [0.1, 0.15) is 16.5 Å². The van der Waals surface area contributed by atoms with Gasteiger partial charge in [0.15, 0.2) is 0 Å². The van der Waals surface area contributed by atoms with E-state index in [2.05, 4.69) is 5.32 Å². The van der Waals surface area contributed by atoms with Crippen molar-refractivity contribution in [1.29, 1.82) is 0 Å². The van der Waals surface area contributed by atoms with Gasteiger partial charge in [-0.25, -0.2) is 0 Å². The van der Waals surface area contributed by atoms with Crippen LogP contribution in [-0.4, -0.2) is 30.4 Å². The predicted octanol–water partition coefficient (Wildman–Crippen LogP) is 4.28. The smallest absolute Gasteiger partial charge is 0.254 e. The fraction of sp³-hybridized carbons (Fsp3) is 0.286. The number of aromatic nitrogens is 1. The van der Waals surface area contributed by atoms with Gasteiger partial charge in [-0.2, -0.15) is 11.8 Å². The van der Waals surface area contributed by atoms with Crippen LogP contribution in [0.2, 0.25) is 0 Å². The Kier molecular flexibility index (Phi) is 5.64. The van der Waals surface area contributed by atoms with Gasteiger partial charge >= 0.3 is 0 Å². The highest BCUT2D eigenvalue weighted by Gasteiger charge is 2.26. The molecule has 28 heavy (non-hydrogen) atoms. The molecule has 3 aromatic rings. The van der Waals surface area contributed by atoms with Gasteiger partial charge in [0.05, 0.1) is 19.8 Å². The van der Waals surface area contributed by atoms with E-state index in [-0.39, 0.29) is 5.91 Å². The molecule has 1 aliphatic rings. The predicted molar refractivity (Wildman–Crippen MR) is 114 cm³/mol.